The van der Waals surface area contributed by atoms with E-state index in [-0.39, 0.29) is 4.90 Å². The third-order valence-electron chi connectivity index (χ3n) is 2.59. The van der Waals surface area contributed by atoms with Gasteiger partial charge in [-0.05, 0) is 23.9 Å². The van der Waals surface area contributed by atoms with Crippen molar-refractivity contribution >= 4 is 26.6 Å². The maximum Gasteiger partial charge on any atom is 0.295 e. The lowest BCUT2D eigenvalue weighted by molar-refractivity contribution is 0.484. The minimum absolute atomic E-state index is 0.147. The number of fused-ring (bicyclic) bond motifs is 1. The first-order chi connectivity index (χ1) is 7.41. The van der Waals surface area contributed by atoms with Gasteiger partial charge < -0.3 is 5.73 Å². The van der Waals surface area contributed by atoms with Crippen molar-refractivity contribution in [1.29, 1.82) is 0 Å². The summed E-state index contributed by atoms with van der Waals surface area (Å²) in [5.41, 5.74) is 6.87. The predicted octanol–water partition coefficient (Wildman–Crippen LogP) is 1.98. The molecule has 4 nitrogen and oxygen atoms in total. The Balaban J connectivity index is 3.02. The zero-order valence-electron chi connectivity index (χ0n) is 8.64. The molecule has 0 fully saturated rings. The lowest BCUT2D eigenvalue weighted by atomic mass is 10.0. The largest absolute Gasteiger partial charge is 0.398 e. The fraction of sp³-hybridized carbons (Fsp3) is 0.0909. The lowest BCUT2D eigenvalue weighted by Crippen LogP contribution is -2.02. The van der Waals surface area contributed by atoms with Crippen molar-refractivity contribution in [2.45, 2.75) is 11.8 Å². The van der Waals surface area contributed by atoms with Crippen molar-refractivity contribution in [2.75, 3.05) is 5.73 Å². The molecule has 84 valence electrons. The summed E-state index contributed by atoms with van der Waals surface area (Å²) in [7, 11) is -4.25. The van der Waals surface area contributed by atoms with Gasteiger partial charge in [-0.15, -0.1) is 0 Å². The van der Waals surface area contributed by atoms with E-state index in [9.17, 15) is 8.42 Å². The van der Waals surface area contributed by atoms with Gasteiger partial charge in [0, 0.05) is 11.1 Å². The Bertz CT molecular complexity index is 662. The van der Waals surface area contributed by atoms with Gasteiger partial charge in [0.15, 0.2) is 0 Å². The molecular formula is C11H11NO3S. The molecule has 2 aromatic rings. The minimum atomic E-state index is -4.25. The Morgan fingerprint density at radius 2 is 1.75 bits per heavy atom. The Hall–Kier alpha value is -1.59. The monoisotopic (exact) mass is 237 g/mol. The van der Waals surface area contributed by atoms with Crippen LogP contribution in [0.25, 0.3) is 10.8 Å². The van der Waals surface area contributed by atoms with Crippen LogP contribution in [0.3, 0.4) is 0 Å². The van der Waals surface area contributed by atoms with Crippen molar-refractivity contribution in [1.82, 2.24) is 0 Å². The van der Waals surface area contributed by atoms with Gasteiger partial charge >= 0.3 is 0 Å². The second kappa shape index (κ2) is 3.47. The SMILES string of the molecule is Cc1c(N)cc(S(=O)(=O)O)c2ccccc12. The van der Waals surface area contributed by atoms with Crippen molar-refractivity contribution in [2.24, 2.45) is 0 Å². The van der Waals surface area contributed by atoms with E-state index in [1.807, 2.05) is 6.92 Å². The van der Waals surface area contributed by atoms with E-state index in [2.05, 4.69) is 0 Å². The topological polar surface area (TPSA) is 80.4 Å². The van der Waals surface area contributed by atoms with Crippen LogP contribution in [0.5, 0.6) is 0 Å². The molecule has 0 atom stereocenters. The average Bonchev–Trinajstić information content (AvgIpc) is 2.22. The van der Waals surface area contributed by atoms with Gasteiger partial charge in [-0.25, -0.2) is 0 Å². The molecule has 0 aromatic heterocycles. The maximum atomic E-state index is 11.2. The molecule has 0 aliphatic rings. The van der Waals surface area contributed by atoms with Crippen molar-refractivity contribution < 1.29 is 13.0 Å². The highest BCUT2D eigenvalue weighted by atomic mass is 32.2. The molecule has 0 aliphatic heterocycles. The first-order valence-electron chi connectivity index (χ1n) is 4.66. The zero-order valence-corrected chi connectivity index (χ0v) is 9.45. The summed E-state index contributed by atoms with van der Waals surface area (Å²) in [5.74, 6) is 0. The normalized spacial score (nSPS) is 11.9. The Kier molecular flexibility index (Phi) is 2.36. The van der Waals surface area contributed by atoms with Crippen molar-refractivity contribution in [3.63, 3.8) is 0 Å². The van der Waals surface area contributed by atoms with E-state index in [1.165, 1.54) is 6.07 Å². The third kappa shape index (κ3) is 1.64. The number of rotatable bonds is 1. The fourth-order valence-corrected chi connectivity index (χ4v) is 2.45. The van der Waals surface area contributed by atoms with Crippen molar-refractivity contribution in [3.8, 4) is 0 Å². The second-order valence-electron chi connectivity index (χ2n) is 3.61. The van der Waals surface area contributed by atoms with Gasteiger partial charge in [-0.2, -0.15) is 8.42 Å². The minimum Gasteiger partial charge on any atom is -0.398 e. The van der Waals surface area contributed by atoms with Crippen LogP contribution in [0, 0.1) is 6.92 Å². The van der Waals surface area contributed by atoms with E-state index in [0.717, 1.165) is 10.9 Å². The van der Waals surface area contributed by atoms with Crippen LogP contribution >= 0.6 is 0 Å². The van der Waals surface area contributed by atoms with Crippen molar-refractivity contribution in [3.05, 3.63) is 35.9 Å². The predicted molar refractivity (Wildman–Crippen MR) is 62.9 cm³/mol. The highest BCUT2D eigenvalue weighted by molar-refractivity contribution is 7.86. The quantitative estimate of drug-likeness (QED) is 0.587. The van der Waals surface area contributed by atoms with E-state index >= 15 is 0 Å². The van der Waals surface area contributed by atoms with Crippen LogP contribution in [-0.2, 0) is 10.1 Å². The van der Waals surface area contributed by atoms with E-state index in [0.29, 0.717) is 11.1 Å². The lowest BCUT2D eigenvalue weighted by Gasteiger charge is -2.09. The Morgan fingerprint density at radius 3 is 2.31 bits per heavy atom. The van der Waals surface area contributed by atoms with Crippen LogP contribution in [0.15, 0.2) is 35.2 Å². The molecule has 0 saturated heterocycles. The molecule has 16 heavy (non-hydrogen) atoms. The molecule has 0 heterocycles. The molecule has 2 aromatic carbocycles. The van der Waals surface area contributed by atoms with Gasteiger partial charge in [-0.3, -0.25) is 4.55 Å². The van der Waals surface area contributed by atoms with Gasteiger partial charge in [0.25, 0.3) is 10.1 Å². The number of anilines is 1. The summed E-state index contributed by atoms with van der Waals surface area (Å²) in [6.45, 7) is 1.81. The Morgan fingerprint density at radius 1 is 1.19 bits per heavy atom. The highest BCUT2D eigenvalue weighted by Crippen LogP contribution is 2.29. The number of nitrogens with two attached hydrogens (primary N) is 1. The van der Waals surface area contributed by atoms with Crippen LogP contribution in [-0.4, -0.2) is 13.0 Å². The smallest absolute Gasteiger partial charge is 0.295 e. The van der Waals surface area contributed by atoms with Crippen LogP contribution < -0.4 is 5.73 Å². The van der Waals surface area contributed by atoms with E-state index in [1.54, 1.807) is 24.3 Å². The molecule has 0 bridgehead atoms. The molecular weight excluding hydrogens is 226 g/mol. The molecule has 0 unspecified atom stereocenters. The molecule has 0 aliphatic carbocycles. The van der Waals surface area contributed by atoms with E-state index < -0.39 is 10.1 Å². The van der Waals surface area contributed by atoms with Gasteiger partial charge in [0.05, 0.1) is 0 Å². The highest BCUT2D eigenvalue weighted by Gasteiger charge is 2.16. The summed E-state index contributed by atoms with van der Waals surface area (Å²) < 4.78 is 31.5. The zero-order chi connectivity index (χ0) is 11.9. The number of hydrogen-bond donors (Lipinski definition) is 2. The Labute approximate surface area is 93.4 Å². The van der Waals surface area contributed by atoms with E-state index in [4.69, 9.17) is 10.3 Å². The summed E-state index contributed by atoms with van der Waals surface area (Å²) in [6, 6.07) is 8.21. The van der Waals surface area contributed by atoms with Crippen LogP contribution in [0.4, 0.5) is 5.69 Å². The molecule has 0 radical (unpaired) electrons. The number of hydrogen-bond acceptors (Lipinski definition) is 3. The molecule has 2 rings (SSSR count). The van der Waals surface area contributed by atoms with Gasteiger partial charge in [0.2, 0.25) is 0 Å². The second-order valence-corrected chi connectivity index (χ2v) is 5.00. The molecule has 5 heteroatoms. The standard InChI is InChI=1S/C11H11NO3S/c1-7-8-4-2-3-5-9(8)11(6-10(7)12)16(13,14)15/h2-6H,12H2,1H3,(H,13,14,15). The third-order valence-corrected chi connectivity index (χ3v) is 3.49. The first kappa shape index (κ1) is 10.9. The summed E-state index contributed by atoms with van der Waals surface area (Å²) >= 11 is 0. The fourth-order valence-electron chi connectivity index (χ4n) is 1.72. The summed E-state index contributed by atoms with van der Waals surface area (Å²) in [5, 5.41) is 1.21. The van der Waals surface area contributed by atoms with Crippen LogP contribution in [0.1, 0.15) is 5.56 Å². The molecule has 3 N–H and O–H groups in total. The first-order valence-corrected chi connectivity index (χ1v) is 6.10. The summed E-state index contributed by atoms with van der Waals surface area (Å²) in [6.07, 6.45) is 0. The average molecular weight is 237 g/mol. The van der Waals surface area contributed by atoms with Gasteiger partial charge in [-0.1, -0.05) is 24.3 Å². The van der Waals surface area contributed by atoms with Crippen LogP contribution in [0.2, 0.25) is 0 Å². The number of nitrogen functional groups attached to an aromatic ring is 1. The number of benzene rings is 2. The van der Waals surface area contributed by atoms with Gasteiger partial charge in [0.1, 0.15) is 4.90 Å². The molecule has 0 amide bonds. The maximum absolute atomic E-state index is 11.2. The summed E-state index contributed by atoms with van der Waals surface area (Å²) in [4.78, 5) is -0.147. The molecule has 0 spiro atoms. The molecule has 0 saturated carbocycles. The number of aryl methyl sites for hydroxylation is 1.